The van der Waals surface area contributed by atoms with Gasteiger partial charge in [0.2, 0.25) is 0 Å². The van der Waals surface area contributed by atoms with E-state index in [9.17, 15) is 4.39 Å². The van der Waals surface area contributed by atoms with Crippen LogP contribution in [0.3, 0.4) is 0 Å². The highest BCUT2D eigenvalue weighted by Crippen LogP contribution is 2.57. The molecule has 35 heavy (non-hydrogen) atoms. The van der Waals surface area contributed by atoms with Gasteiger partial charge in [-0.15, -0.1) is 0 Å². The molecule has 2 atom stereocenters. The molecule has 0 amide bonds. The van der Waals surface area contributed by atoms with Crippen LogP contribution in [-0.2, 0) is 16.1 Å². The van der Waals surface area contributed by atoms with E-state index in [2.05, 4.69) is 57.8 Å². The first kappa shape index (κ1) is 23.9. The van der Waals surface area contributed by atoms with Crippen molar-refractivity contribution in [2.75, 3.05) is 25.1 Å². The average Bonchev–Trinajstić information content (AvgIpc) is 3.47. The van der Waals surface area contributed by atoms with Crippen LogP contribution in [0.1, 0.15) is 43.4 Å². The SMILES string of the molecule is C=C(/C=C1/CC2CC2/C1=C/C)OCc1cc(-c2c(C)cc(NCC3(C)COC3)cc2C)ccc1F. The van der Waals surface area contributed by atoms with Crippen LogP contribution < -0.4 is 5.32 Å². The minimum Gasteiger partial charge on any atom is -0.489 e. The van der Waals surface area contributed by atoms with Crippen molar-refractivity contribution in [3.8, 4) is 11.1 Å². The smallest absolute Gasteiger partial charge is 0.129 e. The van der Waals surface area contributed by atoms with Crippen molar-refractivity contribution < 1.29 is 13.9 Å². The third kappa shape index (κ3) is 4.95. The van der Waals surface area contributed by atoms with Gasteiger partial charge in [0.05, 0.1) is 13.2 Å². The summed E-state index contributed by atoms with van der Waals surface area (Å²) in [5, 5.41) is 3.56. The number of hydrogen-bond donors (Lipinski definition) is 1. The maximum absolute atomic E-state index is 14.7. The fourth-order valence-electron chi connectivity index (χ4n) is 5.67. The maximum Gasteiger partial charge on any atom is 0.129 e. The Labute approximate surface area is 208 Å². The molecule has 2 saturated carbocycles. The van der Waals surface area contributed by atoms with Gasteiger partial charge in [0.15, 0.2) is 0 Å². The van der Waals surface area contributed by atoms with Gasteiger partial charge in [-0.1, -0.05) is 25.6 Å². The van der Waals surface area contributed by atoms with Crippen molar-refractivity contribution >= 4 is 5.69 Å². The summed E-state index contributed by atoms with van der Waals surface area (Å²) in [6.07, 6.45) is 6.67. The number of halogens is 1. The van der Waals surface area contributed by atoms with Gasteiger partial charge < -0.3 is 14.8 Å². The zero-order valence-electron chi connectivity index (χ0n) is 21.3. The Morgan fingerprint density at radius 3 is 2.63 bits per heavy atom. The first-order valence-electron chi connectivity index (χ1n) is 12.7. The predicted molar refractivity (Wildman–Crippen MR) is 141 cm³/mol. The summed E-state index contributed by atoms with van der Waals surface area (Å²) < 4.78 is 25.9. The molecule has 3 fully saturated rings. The number of aryl methyl sites for hydroxylation is 2. The summed E-state index contributed by atoms with van der Waals surface area (Å²) in [4.78, 5) is 0. The number of benzene rings is 2. The molecule has 1 aliphatic heterocycles. The summed E-state index contributed by atoms with van der Waals surface area (Å²) in [6.45, 7) is 15.3. The molecule has 5 rings (SSSR count). The molecule has 184 valence electrons. The molecule has 2 unspecified atom stereocenters. The Hall–Kier alpha value is -2.85. The van der Waals surface area contributed by atoms with Crippen molar-refractivity contribution in [3.63, 3.8) is 0 Å². The van der Waals surface area contributed by atoms with Crippen molar-refractivity contribution in [1.29, 1.82) is 0 Å². The van der Waals surface area contributed by atoms with Crippen molar-refractivity contribution in [1.82, 2.24) is 0 Å². The van der Waals surface area contributed by atoms with Crippen LogP contribution in [0.4, 0.5) is 10.1 Å². The molecular weight excluding hydrogens is 437 g/mol. The van der Waals surface area contributed by atoms with E-state index in [0.29, 0.717) is 11.3 Å². The number of anilines is 1. The van der Waals surface area contributed by atoms with Gasteiger partial charge in [0, 0.05) is 23.2 Å². The molecule has 2 aliphatic carbocycles. The lowest BCUT2D eigenvalue weighted by molar-refractivity contribution is -0.0924. The Balaban J connectivity index is 1.28. The second-order valence-electron chi connectivity index (χ2n) is 10.9. The maximum atomic E-state index is 14.7. The molecule has 3 aliphatic rings. The first-order chi connectivity index (χ1) is 16.8. The van der Waals surface area contributed by atoms with Gasteiger partial charge >= 0.3 is 0 Å². The number of fused-ring (bicyclic) bond motifs is 1. The largest absolute Gasteiger partial charge is 0.489 e. The molecule has 0 spiro atoms. The summed E-state index contributed by atoms with van der Waals surface area (Å²) >= 11 is 0. The molecule has 0 bridgehead atoms. The van der Waals surface area contributed by atoms with Gasteiger partial charge in [0.25, 0.3) is 0 Å². The van der Waals surface area contributed by atoms with E-state index in [1.807, 2.05) is 18.2 Å². The van der Waals surface area contributed by atoms with E-state index in [1.165, 1.54) is 17.6 Å². The molecule has 0 aromatic heterocycles. The lowest BCUT2D eigenvalue weighted by atomic mass is 9.88. The Morgan fingerprint density at radius 1 is 1.23 bits per heavy atom. The number of rotatable bonds is 8. The molecule has 0 radical (unpaired) electrons. The summed E-state index contributed by atoms with van der Waals surface area (Å²) in [5.74, 6) is 1.88. The zero-order valence-corrected chi connectivity index (χ0v) is 21.3. The molecule has 4 heteroatoms. The summed E-state index contributed by atoms with van der Waals surface area (Å²) in [5.41, 5.74) is 9.08. The summed E-state index contributed by atoms with van der Waals surface area (Å²) in [6, 6.07) is 9.65. The molecule has 1 heterocycles. The highest BCUT2D eigenvalue weighted by Gasteiger charge is 2.46. The molecule has 2 aromatic rings. The van der Waals surface area contributed by atoms with Crippen LogP contribution in [0.2, 0.25) is 0 Å². The second kappa shape index (κ2) is 9.31. The zero-order chi connectivity index (χ0) is 24.7. The average molecular weight is 474 g/mol. The monoisotopic (exact) mass is 473 g/mol. The van der Waals surface area contributed by atoms with Gasteiger partial charge in [-0.25, -0.2) is 4.39 Å². The van der Waals surface area contributed by atoms with Gasteiger partial charge in [-0.2, -0.15) is 0 Å². The van der Waals surface area contributed by atoms with Crippen LogP contribution in [0, 0.1) is 36.9 Å². The minimum atomic E-state index is -0.255. The van der Waals surface area contributed by atoms with Gasteiger partial charge in [0.1, 0.15) is 18.2 Å². The molecule has 1 saturated heterocycles. The van der Waals surface area contributed by atoms with Crippen LogP contribution >= 0.6 is 0 Å². The van der Waals surface area contributed by atoms with E-state index in [4.69, 9.17) is 9.47 Å². The molecule has 2 aromatic carbocycles. The summed E-state index contributed by atoms with van der Waals surface area (Å²) in [7, 11) is 0. The van der Waals surface area contributed by atoms with E-state index in [1.54, 1.807) is 6.07 Å². The van der Waals surface area contributed by atoms with E-state index in [0.717, 1.165) is 66.0 Å². The predicted octanol–water partition coefficient (Wildman–Crippen LogP) is 7.50. The normalized spacial score (nSPS) is 24.3. The fourth-order valence-corrected chi connectivity index (χ4v) is 5.67. The van der Waals surface area contributed by atoms with Crippen molar-refractivity contribution in [2.45, 2.75) is 47.1 Å². The Bertz CT molecular complexity index is 1200. The third-order valence-corrected chi connectivity index (χ3v) is 7.72. The Kier molecular flexibility index (Phi) is 6.35. The quantitative estimate of drug-likeness (QED) is 0.403. The minimum absolute atomic E-state index is 0.165. The number of allylic oxidation sites excluding steroid dienone is 4. The van der Waals surface area contributed by atoms with Crippen LogP contribution in [-0.4, -0.2) is 19.8 Å². The van der Waals surface area contributed by atoms with E-state index >= 15 is 0 Å². The number of hydrogen-bond acceptors (Lipinski definition) is 3. The van der Waals surface area contributed by atoms with Crippen LogP contribution in [0.15, 0.2) is 66.0 Å². The molecule has 3 nitrogen and oxygen atoms in total. The fraction of sp³-hybridized carbons (Fsp3) is 0.419. The van der Waals surface area contributed by atoms with Crippen molar-refractivity contribution in [3.05, 3.63) is 88.5 Å². The van der Waals surface area contributed by atoms with E-state index in [-0.39, 0.29) is 17.8 Å². The highest BCUT2D eigenvalue weighted by molar-refractivity contribution is 5.74. The lowest BCUT2D eigenvalue weighted by Gasteiger charge is -2.38. The van der Waals surface area contributed by atoms with Crippen molar-refractivity contribution in [2.24, 2.45) is 17.3 Å². The van der Waals surface area contributed by atoms with Crippen LogP contribution in [0.25, 0.3) is 11.1 Å². The standard InChI is InChI=1S/C31H36FNO2/c1-6-27-23(13-24-14-28(24)27)11-21(4)35-15-25-12-22(7-8-29(25)32)30-19(2)9-26(10-20(30)3)33-16-31(5)17-34-18-31/h6-12,24,28,33H,4,13-18H2,1-3,5H3/b23-11-,27-6+. The van der Waals surface area contributed by atoms with E-state index < -0.39 is 0 Å². The lowest BCUT2D eigenvalue weighted by Crippen LogP contribution is -2.45. The molecular formula is C31H36FNO2. The third-order valence-electron chi connectivity index (χ3n) is 7.72. The van der Waals surface area contributed by atoms with Gasteiger partial charge in [-0.3, -0.25) is 0 Å². The Morgan fingerprint density at radius 2 is 1.97 bits per heavy atom. The van der Waals surface area contributed by atoms with Gasteiger partial charge in [-0.05, 0) is 109 Å². The number of ether oxygens (including phenoxy) is 2. The molecule has 1 N–H and O–H groups in total. The highest BCUT2D eigenvalue weighted by atomic mass is 19.1. The second-order valence-corrected chi connectivity index (χ2v) is 10.9. The van der Waals surface area contributed by atoms with Crippen LogP contribution in [0.5, 0.6) is 0 Å². The number of nitrogens with one attached hydrogen (secondary N) is 1. The topological polar surface area (TPSA) is 30.5 Å². The first-order valence-corrected chi connectivity index (χ1v) is 12.7.